The van der Waals surface area contributed by atoms with Crippen molar-refractivity contribution in [2.75, 3.05) is 0 Å². The molecule has 0 aromatic carbocycles. The number of carboxylic acids is 1. The van der Waals surface area contributed by atoms with Crippen molar-refractivity contribution in [3.05, 3.63) is 11.9 Å². The van der Waals surface area contributed by atoms with Crippen molar-refractivity contribution in [1.82, 2.24) is 15.0 Å². The molecule has 0 radical (unpaired) electrons. The van der Waals surface area contributed by atoms with E-state index < -0.39 is 12.1 Å². The molecule has 0 bridgehead atoms. The fourth-order valence-electron chi connectivity index (χ4n) is 0.711. The van der Waals surface area contributed by atoms with Crippen LogP contribution in [0.4, 0.5) is 4.39 Å². The topological polar surface area (TPSA) is 68.0 Å². The highest BCUT2D eigenvalue weighted by Crippen LogP contribution is 2.13. The van der Waals surface area contributed by atoms with Crippen LogP contribution in [-0.4, -0.2) is 26.1 Å². The number of carboxylic acid groups (broad SMARTS) is 1. The summed E-state index contributed by atoms with van der Waals surface area (Å²) < 4.78 is 14.1. The van der Waals surface area contributed by atoms with Gasteiger partial charge in [0.2, 0.25) is 6.17 Å². The molecule has 6 heteroatoms. The molecule has 0 saturated carbocycles. The first kappa shape index (κ1) is 8.63. The number of halogens is 1. The normalized spacial score (nSPS) is 12.8. The van der Waals surface area contributed by atoms with Gasteiger partial charge in [0.05, 0.1) is 6.20 Å². The first-order valence-corrected chi connectivity index (χ1v) is 3.42. The van der Waals surface area contributed by atoms with Crippen LogP contribution in [0.3, 0.4) is 0 Å². The van der Waals surface area contributed by atoms with E-state index in [1.54, 1.807) is 6.92 Å². The molecule has 1 heterocycles. The van der Waals surface area contributed by atoms with Gasteiger partial charge < -0.3 is 5.11 Å². The molecule has 66 valence electrons. The number of alkyl halides is 1. The number of aromatic nitrogens is 3. The molecule has 1 atom stereocenters. The highest BCUT2D eigenvalue weighted by molar-refractivity contribution is 5.73. The predicted octanol–water partition coefficient (Wildman–Crippen LogP) is 0.393. The second-order valence-corrected chi connectivity index (χ2v) is 2.20. The minimum atomic E-state index is -2.08. The molecule has 0 aliphatic carbocycles. The number of rotatable bonds is 3. The van der Waals surface area contributed by atoms with Gasteiger partial charge in [0.25, 0.3) is 0 Å². The van der Waals surface area contributed by atoms with E-state index in [2.05, 4.69) is 10.3 Å². The second-order valence-electron chi connectivity index (χ2n) is 2.20. The summed E-state index contributed by atoms with van der Waals surface area (Å²) in [4.78, 5) is 10.1. The van der Waals surface area contributed by atoms with Crippen molar-refractivity contribution < 1.29 is 14.3 Å². The van der Waals surface area contributed by atoms with Gasteiger partial charge in [-0.1, -0.05) is 5.21 Å². The van der Waals surface area contributed by atoms with Crippen LogP contribution in [0.5, 0.6) is 0 Å². The van der Waals surface area contributed by atoms with Crippen molar-refractivity contribution in [2.24, 2.45) is 0 Å². The quantitative estimate of drug-likeness (QED) is 0.718. The maximum Gasteiger partial charge on any atom is 0.344 e. The lowest BCUT2D eigenvalue weighted by atomic mass is 10.3. The Kier molecular flexibility index (Phi) is 2.37. The number of hydrogen-bond donors (Lipinski definition) is 1. The minimum absolute atomic E-state index is 0.163. The van der Waals surface area contributed by atoms with E-state index in [-0.39, 0.29) is 5.69 Å². The molecular weight excluding hydrogens is 165 g/mol. The lowest BCUT2D eigenvalue weighted by Crippen LogP contribution is -2.06. The zero-order chi connectivity index (χ0) is 9.14. The summed E-state index contributed by atoms with van der Waals surface area (Å²) >= 11 is 0. The average Bonchev–Trinajstić information content (AvgIpc) is 2.50. The van der Waals surface area contributed by atoms with Gasteiger partial charge in [-0.15, -0.1) is 5.10 Å². The van der Waals surface area contributed by atoms with Crippen molar-refractivity contribution in [3.63, 3.8) is 0 Å². The number of carbonyl (C=O) groups is 1. The van der Waals surface area contributed by atoms with Crippen molar-refractivity contribution in [3.8, 4) is 0 Å². The van der Waals surface area contributed by atoms with Crippen LogP contribution in [0, 0.1) is 0 Å². The molecule has 1 rings (SSSR count). The fraction of sp³-hybridized carbons (Fsp3) is 0.500. The average molecular weight is 173 g/mol. The molecule has 0 saturated heterocycles. The number of nitrogens with zero attached hydrogens (tertiary/aromatic N) is 3. The van der Waals surface area contributed by atoms with Crippen LogP contribution >= 0.6 is 0 Å². The zero-order valence-electron chi connectivity index (χ0n) is 6.44. The van der Waals surface area contributed by atoms with E-state index in [0.717, 1.165) is 0 Å². The van der Waals surface area contributed by atoms with Gasteiger partial charge >= 0.3 is 5.97 Å². The summed E-state index contributed by atoms with van der Waals surface area (Å²) in [5.41, 5.74) is -0.163. The first-order valence-electron chi connectivity index (χ1n) is 3.42. The number of hydrogen-bond acceptors (Lipinski definition) is 3. The first-order chi connectivity index (χ1) is 5.65. The Morgan fingerprint density at radius 1 is 1.92 bits per heavy atom. The maximum atomic E-state index is 12.7. The molecule has 0 spiro atoms. The van der Waals surface area contributed by atoms with Crippen LogP contribution < -0.4 is 0 Å². The third-order valence-corrected chi connectivity index (χ3v) is 1.36. The van der Waals surface area contributed by atoms with Crippen molar-refractivity contribution in [1.29, 1.82) is 0 Å². The molecular formula is C6H8FN3O2. The van der Waals surface area contributed by atoms with Gasteiger partial charge in [0.15, 0.2) is 0 Å². The van der Waals surface area contributed by atoms with Gasteiger partial charge in [-0.05, 0) is 6.92 Å². The Bertz CT molecular complexity index is 286. The smallest absolute Gasteiger partial charge is 0.344 e. The lowest BCUT2D eigenvalue weighted by molar-refractivity contribution is -0.143. The van der Waals surface area contributed by atoms with Crippen LogP contribution in [0.2, 0.25) is 0 Å². The highest BCUT2D eigenvalue weighted by atomic mass is 19.1. The fourth-order valence-corrected chi connectivity index (χ4v) is 0.711. The molecule has 12 heavy (non-hydrogen) atoms. The van der Waals surface area contributed by atoms with Crippen LogP contribution in [-0.2, 0) is 11.3 Å². The highest BCUT2D eigenvalue weighted by Gasteiger charge is 2.21. The third kappa shape index (κ3) is 1.58. The standard InChI is InChI=1S/C6H8FN3O2/c1-2-10-3-4(8-9-10)5(7)6(11)12/h3,5H,2H2,1H3,(H,11,12). The molecule has 0 aliphatic rings. The van der Waals surface area contributed by atoms with Crippen LogP contribution in [0.25, 0.3) is 0 Å². The van der Waals surface area contributed by atoms with E-state index in [9.17, 15) is 9.18 Å². The molecule has 1 N–H and O–H groups in total. The summed E-state index contributed by atoms with van der Waals surface area (Å²) in [6.45, 7) is 2.34. The Balaban J connectivity index is 2.81. The largest absolute Gasteiger partial charge is 0.479 e. The Hall–Kier alpha value is -1.46. The van der Waals surface area contributed by atoms with E-state index in [4.69, 9.17) is 5.11 Å². The summed E-state index contributed by atoms with van der Waals surface area (Å²) in [5.74, 6) is -1.54. The molecule has 1 aromatic rings. The second kappa shape index (κ2) is 3.29. The Labute approximate surface area is 67.8 Å². The number of aryl methyl sites for hydroxylation is 1. The Morgan fingerprint density at radius 3 is 3.00 bits per heavy atom. The molecule has 1 unspecified atom stereocenters. The molecule has 1 aromatic heterocycles. The maximum absolute atomic E-state index is 12.7. The molecule has 0 aliphatic heterocycles. The predicted molar refractivity (Wildman–Crippen MR) is 37.2 cm³/mol. The third-order valence-electron chi connectivity index (χ3n) is 1.36. The molecule has 0 fully saturated rings. The van der Waals surface area contributed by atoms with Gasteiger partial charge in [-0.3, -0.25) is 4.68 Å². The van der Waals surface area contributed by atoms with Gasteiger partial charge in [-0.2, -0.15) is 0 Å². The van der Waals surface area contributed by atoms with E-state index in [1.165, 1.54) is 10.9 Å². The van der Waals surface area contributed by atoms with Crippen LogP contribution in [0.15, 0.2) is 6.20 Å². The number of aliphatic carboxylic acids is 1. The van der Waals surface area contributed by atoms with Crippen molar-refractivity contribution >= 4 is 5.97 Å². The van der Waals surface area contributed by atoms with Gasteiger partial charge in [-0.25, -0.2) is 9.18 Å². The summed E-state index contributed by atoms with van der Waals surface area (Å²) in [6, 6.07) is 0. The summed E-state index contributed by atoms with van der Waals surface area (Å²) in [6.07, 6.45) is -0.802. The lowest BCUT2D eigenvalue weighted by Gasteiger charge is -1.94. The summed E-state index contributed by atoms with van der Waals surface area (Å²) in [5, 5.41) is 15.1. The van der Waals surface area contributed by atoms with E-state index >= 15 is 0 Å². The zero-order valence-corrected chi connectivity index (χ0v) is 6.44. The van der Waals surface area contributed by atoms with Gasteiger partial charge in [0, 0.05) is 6.54 Å². The van der Waals surface area contributed by atoms with Crippen LogP contribution in [0.1, 0.15) is 18.8 Å². The van der Waals surface area contributed by atoms with Crippen molar-refractivity contribution in [2.45, 2.75) is 19.6 Å². The van der Waals surface area contributed by atoms with E-state index in [0.29, 0.717) is 6.54 Å². The van der Waals surface area contributed by atoms with Gasteiger partial charge in [0.1, 0.15) is 5.69 Å². The Morgan fingerprint density at radius 2 is 2.58 bits per heavy atom. The minimum Gasteiger partial charge on any atom is -0.479 e. The SMILES string of the molecule is CCn1cc(C(F)C(=O)O)nn1. The monoisotopic (exact) mass is 173 g/mol. The molecule has 5 nitrogen and oxygen atoms in total. The van der Waals surface area contributed by atoms with E-state index in [1.807, 2.05) is 0 Å². The summed E-state index contributed by atoms with van der Waals surface area (Å²) in [7, 11) is 0. The molecule has 0 amide bonds.